The number of hydrogen-bond donors (Lipinski definition) is 1. The molecular formula is C17H13Cl2FO4. The molecule has 1 N–H and O–H groups in total. The highest BCUT2D eigenvalue weighted by atomic mass is 35.5. The topological polar surface area (TPSA) is 63.6 Å². The number of aliphatic carboxylic acids is 1. The van der Waals surface area contributed by atoms with Crippen molar-refractivity contribution in [3.8, 4) is 5.75 Å². The first kappa shape index (κ1) is 18.2. The third-order valence-corrected chi connectivity index (χ3v) is 3.84. The van der Waals surface area contributed by atoms with E-state index in [1.807, 2.05) is 0 Å². The van der Waals surface area contributed by atoms with Crippen LogP contribution >= 0.6 is 23.2 Å². The SMILES string of the molecule is O=C(O)CC(CC(=O)Oc1ccc(F)cc1)c1ccc(Cl)cc1Cl. The molecular weight excluding hydrogens is 358 g/mol. The summed E-state index contributed by atoms with van der Waals surface area (Å²) < 4.78 is 17.9. The van der Waals surface area contributed by atoms with Crippen molar-refractivity contribution >= 4 is 35.1 Å². The Bertz CT molecular complexity index is 747. The first-order chi connectivity index (χ1) is 11.3. The van der Waals surface area contributed by atoms with Crippen molar-refractivity contribution < 1.29 is 23.8 Å². The monoisotopic (exact) mass is 370 g/mol. The van der Waals surface area contributed by atoms with E-state index in [9.17, 15) is 14.0 Å². The van der Waals surface area contributed by atoms with Gasteiger partial charge in [0.25, 0.3) is 0 Å². The lowest BCUT2D eigenvalue weighted by molar-refractivity contribution is -0.138. The zero-order valence-corrected chi connectivity index (χ0v) is 13.9. The molecule has 0 saturated carbocycles. The average molecular weight is 371 g/mol. The van der Waals surface area contributed by atoms with E-state index in [1.54, 1.807) is 12.1 Å². The van der Waals surface area contributed by atoms with Crippen LogP contribution in [0.5, 0.6) is 5.75 Å². The molecule has 1 unspecified atom stereocenters. The van der Waals surface area contributed by atoms with Gasteiger partial charge >= 0.3 is 11.9 Å². The van der Waals surface area contributed by atoms with Crippen LogP contribution in [-0.2, 0) is 9.59 Å². The zero-order chi connectivity index (χ0) is 17.7. The zero-order valence-electron chi connectivity index (χ0n) is 12.3. The summed E-state index contributed by atoms with van der Waals surface area (Å²) in [6.45, 7) is 0. The lowest BCUT2D eigenvalue weighted by Crippen LogP contribution is -2.16. The number of rotatable bonds is 6. The van der Waals surface area contributed by atoms with E-state index in [0.717, 1.165) is 12.1 Å². The number of halogens is 3. The summed E-state index contributed by atoms with van der Waals surface area (Å²) in [6, 6.07) is 9.59. The second-order valence-corrected chi connectivity index (χ2v) is 5.94. The average Bonchev–Trinajstić information content (AvgIpc) is 2.48. The number of esters is 1. The molecule has 1 atom stereocenters. The molecule has 2 aromatic carbocycles. The van der Waals surface area contributed by atoms with Crippen molar-refractivity contribution in [1.29, 1.82) is 0 Å². The van der Waals surface area contributed by atoms with Crippen LogP contribution in [0.4, 0.5) is 4.39 Å². The van der Waals surface area contributed by atoms with Gasteiger partial charge in [-0.05, 0) is 42.0 Å². The maximum absolute atomic E-state index is 12.8. The Balaban J connectivity index is 2.14. The summed E-state index contributed by atoms with van der Waals surface area (Å²) in [4.78, 5) is 23.1. The minimum atomic E-state index is -1.07. The fourth-order valence-electron chi connectivity index (χ4n) is 2.21. The summed E-state index contributed by atoms with van der Waals surface area (Å²) >= 11 is 11.9. The number of carbonyl (C=O) groups is 2. The number of carbonyl (C=O) groups excluding carboxylic acids is 1. The molecule has 126 valence electrons. The van der Waals surface area contributed by atoms with E-state index in [0.29, 0.717) is 10.6 Å². The molecule has 0 saturated heterocycles. The van der Waals surface area contributed by atoms with E-state index >= 15 is 0 Å². The molecule has 0 radical (unpaired) electrons. The van der Waals surface area contributed by atoms with Crippen LogP contribution in [0.1, 0.15) is 24.3 Å². The number of ether oxygens (including phenoxy) is 1. The normalized spacial score (nSPS) is 11.8. The Kier molecular flexibility index (Phi) is 6.17. The summed E-state index contributed by atoms with van der Waals surface area (Å²) in [7, 11) is 0. The maximum Gasteiger partial charge on any atom is 0.311 e. The largest absolute Gasteiger partial charge is 0.481 e. The standard InChI is InChI=1S/C17H13Cl2FO4/c18-11-1-6-14(15(19)9-11)10(7-16(21)22)8-17(23)24-13-4-2-12(20)3-5-13/h1-6,9-10H,7-8H2,(H,21,22). The molecule has 0 heterocycles. The van der Waals surface area contributed by atoms with Crippen LogP contribution in [0.25, 0.3) is 0 Å². The first-order valence-electron chi connectivity index (χ1n) is 6.98. The van der Waals surface area contributed by atoms with Gasteiger partial charge in [-0.15, -0.1) is 0 Å². The molecule has 0 aromatic heterocycles. The second kappa shape index (κ2) is 8.13. The van der Waals surface area contributed by atoms with Crippen LogP contribution in [-0.4, -0.2) is 17.0 Å². The van der Waals surface area contributed by atoms with Crippen LogP contribution in [0.15, 0.2) is 42.5 Å². The molecule has 2 rings (SSSR count). The van der Waals surface area contributed by atoms with Crippen LogP contribution in [0, 0.1) is 5.82 Å². The molecule has 0 aliphatic carbocycles. The van der Waals surface area contributed by atoms with Gasteiger partial charge in [-0.1, -0.05) is 29.3 Å². The summed E-state index contributed by atoms with van der Waals surface area (Å²) in [5.74, 6) is -2.65. The molecule has 24 heavy (non-hydrogen) atoms. The summed E-state index contributed by atoms with van der Waals surface area (Å²) in [5.41, 5.74) is 0.500. The summed E-state index contributed by atoms with van der Waals surface area (Å²) in [5, 5.41) is 9.75. The van der Waals surface area contributed by atoms with E-state index < -0.39 is 23.7 Å². The van der Waals surface area contributed by atoms with Crippen LogP contribution < -0.4 is 4.74 Å². The minimum absolute atomic E-state index is 0.178. The Labute approximate surface area is 147 Å². The lowest BCUT2D eigenvalue weighted by Gasteiger charge is -2.16. The molecule has 0 fully saturated rings. The number of benzene rings is 2. The molecule has 0 amide bonds. The second-order valence-electron chi connectivity index (χ2n) is 5.09. The Morgan fingerprint density at radius 1 is 1.08 bits per heavy atom. The van der Waals surface area contributed by atoms with Gasteiger partial charge in [0.1, 0.15) is 11.6 Å². The van der Waals surface area contributed by atoms with E-state index in [4.69, 9.17) is 33.0 Å². The summed E-state index contributed by atoms with van der Waals surface area (Å²) in [6.07, 6.45) is -0.481. The number of carboxylic acids is 1. The van der Waals surface area contributed by atoms with Crippen molar-refractivity contribution in [1.82, 2.24) is 0 Å². The Morgan fingerprint density at radius 2 is 1.75 bits per heavy atom. The van der Waals surface area contributed by atoms with Crippen LogP contribution in [0.3, 0.4) is 0 Å². The van der Waals surface area contributed by atoms with Gasteiger partial charge < -0.3 is 9.84 Å². The van der Waals surface area contributed by atoms with Gasteiger partial charge in [0.05, 0.1) is 12.8 Å². The predicted molar refractivity (Wildman–Crippen MR) is 88.1 cm³/mol. The maximum atomic E-state index is 12.8. The first-order valence-corrected chi connectivity index (χ1v) is 7.73. The van der Waals surface area contributed by atoms with E-state index in [2.05, 4.69) is 0 Å². The van der Waals surface area contributed by atoms with E-state index in [-0.39, 0.29) is 23.6 Å². The molecule has 0 aliphatic heterocycles. The predicted octanol–water partition coefficient (Wildman–Crippen LogP) is 4.69. The van der Waals surface area contributed by atoms with Gasteiger partial charge in [0.2, 0.25) is 0 Å². The third kappa shape index (κ3) is 5.22. The molecule has 0 aliphatic rings. The van der Waals surface area contributed by atoms with Crippen molar-refractivity contribution in [3.05, 3.63) is 63.9 Å². The van der Waals surface area contributed by atoms with Gasteiger partial charge in [0.15, 0.2) is 0 Å². The van der Waals surface area contributed by atoms with Crippen molar-refractivity contribution in [2.24, 2.45) is 0 Å². The fourth-order valence-corrected chi connectivity index (χ4v) is 2.78. The highest BCUT2D eigenvalue weighted by Gasteiger charge is 2.23. The lowest BCUT2D eigenvalue weighted by atomic mass is 9.92. The quantitative estimate of drug-likeness (QED) is 0.591. The Morgan fingerprint density at radius 3 is 2.33 bits per heavy atom. The smallest absolute Gasteiger partial charge is 0.311 e. The molecule has 0 bridgehead atoms. The Hall–Kier alpha value is -2.11. The van der Waals surface area contributed by atoms with Gasteiger partial charge in [0, 0.05) is 16.0 Å². The molecule has 4 nitrogen and oxygen atoms in total. The minimum Gasteiger partial charge on any atom is -0.481 e. The van der Waals surface area contributed by atoms with Gasteiger partial charge in [-0.25, -0.2) is 4.39 Å². The molecule has 0 spiro atoms. The van der Waals surface area contributed by atoms with E-state index in [1.165, 1.54) is 18.2 Å². The fraction of sp³-hybridized carbons (Fsp3) is 0.176. The van der Waals surface area contributed by atoms with Gasteiger partial charge in [-0.2, -0.15) is 0 Å². The molecule has 7 heteroatoms. The highest BCUT2D eigenvalue weighted by Crippen LogP contribution is 2.32. The highest BCUT2D eigenvalue weighted by molar-refractivity contribution is 6.35. The number of hydrogen-bond acceptors (Lipinski definition) is 3. The third-order valence-electron chi connectivity index (χ3n) is 3.28. The van der Waals surface area contributed by atoms with Crippen molar-refractivity contribution in [3.63, 3.8) is 0 Å². The van der Waals surface area contributed by atoms with Crippen molar-refractivity contribution in [2.75, 3.05) is 0 Å². The number of carboxylic acid groups (broad SMARTS) is 1. The molecule has 2 aromatic rings. The van der Waals surface area contributed by atoms with Crippen LogP contribution in [0.2, 0.25) is 10.0 Å². The van der Waals surface area contributed by atoms with Crippen molar-refractivity contribution in [2.45, 2.75) is 18.8 Å². The van der Waals surface area contributed by atoms with Gasteiger partial charge in [-0.3, -0.25) is 9.59 Å².